The number of amides is 2. The van der Waals surface area contributed by atoms with Crippen LogP contribution in [-0.4, -0.2) is 34.7 Å². The Hall–Kier alpha value is -4.29. The Kier molecular flexibility index (Phi) is 6.54. The molecule has 1 fully saturated rings. The second-order valence-electron chi connectivity index (χ2n) is 9.76. The predicted octanol–water partition coefficient (Wildman–Crippen LogP) is 5.73. The number of aromatic nitrogens is 2. The quantitative estimate of drug-likeness (QED) is 0.260. The topological polar surface area (TPSA) is 88.1 Å². The van der Waals surface area contributed by atoms with Crippen molar-refractivity contribution in [2.75, 3.05) is 18.4 Å². The van der Waals surface area contributed by atoms with E-state index >= 15 is 0 Å². The van der Waals surface area contributed by atoms with Crippen LogP contribution in [0, 0.1) is 11.6 Å². The zero-order chi connectivity index (χ0) is 29.1. The van der Waals surface area contributed by atoms with Gasteiger partial charge in [-0.3, -0.25) is 14.3 Å². The monoisotopic (exact) mass is 587 g/mol. The molecule has 3 heterocycles. The summed E-state index contributed by atoms with van der Waals surface area (Å²) in [6, 6.07) is 7.36. The van der Waals surface area contributed by atoms with Crippen LogP contribution in [0.2, 0.25) is 5.02 Å². The first-order valence-electron chi connectivity index (χ1n) is 12.4. The second kappa shape index (κ2) is 9.96. The van der Waals surface area contributed by atoms with Crippen molar-refractivity contribution in [1.29, 1.82) is 0 Å². The average molecular weight is 588 g/mol. The Morgan fingerprint density at radius 2 is 1.80 bits per heavy atom. The van der Waals surface area contributed by atoms with Crippen LogP contribution < -0.4 is 16.0 Å². The molecule has 3 aromatic carbocycles. The molecule has 4 aromatic rings. The summed E-state index contributed by atoms with van der Waals surface area (Å²) in [5.41, 5.74) is -0.215. The van der Waals surface area contributed by atoms with Gasteiger partial charge in [0.2, 0.25) is 0 Å². The molecule has 0 aliphatic carbocycles. The summed E-state index contributed by atoms with van der Waals surface area (Å²) < 4.78 is 69.9. The molecule has 0 saturated carbocycles. The summed E-state index contributed by atoms with van der Waals surface area (Å²) >= 11 is 6.33. The lowest BCUT2D eigenvalue weighted by molar-refractivity contribution is -0.137. The first-order valence-corrected chi connectivity index (χ1v) is 12.7. The van der Waals surface area contributed by atoms with Gasteiger partial charge in [0.05, 0.1) is 23.8 Å². The molecule has 2 aliphatic rings. The van der Waals surface area contributed by atoms with Crippen LogP contribution in [0.3, 0.4) is 0 Å². The Balaban J connectivity index is 1.47. The number of halogens is 6. The van der Waals surface area contributed by atoms with Gasteiger partial charge >= 0.3 is 6.18 Å². The minimum atomic E-state index is -4.88. The summed E-state index contributed by atoms with van der Waals surface area (Å²) in [6.45, 7) is 1.47. The van der Waals surface area contributed by atoms with Gasteiger partial charge in [-0.25, -0.2) is 8.78 Å². The number of nitrogens with one attached hydrogen (secondary N) is 3. The smallest absolute Gasteiger partial charge is 0.341 e. The van der Waals surface area contributed by atoms with Crippen molar-refractivity contribution >= 4 is 29.1 Å². The largest absolute Gasteiger partial charge is 0.416 e. The van der Waals surface area contributed by atoms with Crippen molar-refractivity contribution in [2.45, 2.75) is 18.3 Å². The lowest BCUT2D eigenvalue weighted by Crippen LogP contribution is -2.43. The molecule has 0 radical (unpaired) electrons. The number of fused-ring (bicyclic) bond motifs is 1. The van der Waals surface area contributed by atoms with E-state index in [9.17, 15) is 31.5 Å². The molecule has 2 amide bonds. The Bertz CT molecular complexity index is 1720. The summed E-state index contributed by atoms with van der Waals surface area (Å²) in [6.07, 6.45) is -1.53. The molecule has 6 rings (SSSR count). The molecule has 7 nitrogen and oxygen atoms in total. The summed E-state index contributed by atoms with van der Waals surface area (Å²) in [7, 11) is 0. The highest BCUT2D eigenvalue weighted by molar-refractivity contribution is 6.31. The van der Waals surface area contributed by atoms with Gasteiger partial charge in [-0.2, -0.15) is 18.3 Å². The van der Waals surface area contributed by atoms with Crippen molar-refractivity contribution in [3.8, 4) is 11.1 Å². The lowest BCUT2D eigenvalue weighted by Gasteiger charge is -2.27. The van der Waals surface area contributed by atoms with Crippen LogP contribution in [-0.2, 0) is 6.18 Å². The van der Waals surface area contributed by atoms with E-state index in [1.54, 1.807) is 23.1 Å². The Morgan fingerprint density at radius 1 is 1.02 bits per heavy atom. The maximum atomic E-state index is 14.2. The maximum absolute atomic E-state index is 14.2. The van der Waals surface area contributed by atoms with Crippen molar-refractivity contribution < 1.29 is 31.5 Å². The zero-order valence-electron chi connectivity index (χ0n) is 20.8. The fraction of sp³-hybridized carbons (Fsp3) is 0.179. The molecule has 41 heavy (non-hydrogen) atoms. The molecule has 210 valence electrons. The van der Waals surface area contributed by atoms with Gasteiger partial charge in [-0.1, -0.05) is 11.6 Å². The normalized spacial score (nSPS) is 16.7. The molecule has 1 saturated heterocycles. The van der Waals surface area contributed by atoms with Gasteiger partial charge in [0, 0.05) is 57.8 Å². The number of carbonyl (C=O) groups excluding carboxylic acids is 2. The first kappa shape index (κ1) is 26.9. The van der Waals surface area contributed by atoms with Gasteiger partial charge in [-0.15, -0.1) is 0 Å². The van der Waals surface area contributed by atoms with Crippen molar-refractivity contribution in [3.05, 3.63) is 105 Å². The molecule has 0 bridgehead atoms. The number of anilines is 1. The summed E-state index contributed by atoms with van der Waals surface area (Å²) in [4.78, 5) is 26.4. The number of hydrogen-bond donors (Lipinski definition) is 3. The first-order chi connectivity index (χ1) is 19.5. The average Bonchev–Trinajstić information content (AvgIpc) is 3.48. The van der Waals surface area contributed by atoms with Crippen LogP contribution in [0.4, 0.5) is 27.6 Å². The Morgan fingerprint density at radius 3 is 2.51 bits per heavy atom. The van der Waals surface area contributed by atoms with Crippen LogP contribution in [0.25, 0.3) is 11.1 Å². The van der Waals surface area contributed by atoms with Crippen LogP contribution in [0.5, 0.6) is 0 Å². The van der Waals surface area contributed by atoms with E-state index in [2.05, 4.69) is 21.0 Å². The van der Waals surface area contributed by atoms with E-state index in [0.717, 1.165) is 25.2 Å². The number of benzene rings is 3. The molecule has 1 aromatic heterocycles. The van der Waals surface area contributed by atoms with Crippen LogP contribution >= 0.6 is 11.6 Å². The molecule has 1 unspecified atom stereocenters. The molecule has 13 heteroatoms. The van der Waals surface area contributed by atoms with E-state index in [4.69, 9.17) is 11.6 Å². The Labute approximate surface area is 234 Å². The minimum Gasteiger partial charge on any atom is -0.341 e. The summed E-state index contributed by atoms with van der Waals surface area (Å²) in [5, 5.41) is 12.9. The zero-order valence-corrected chi connectivity index (χ0v) is 21.6. The van der Waals surface area contributed by atoms with Crippen molar-refractivity contribution in [3.63, 3.8) is 0 Å². The standard InChI is InChI=1S/C28H19ClF5N5O2/c29-22-2-1-17(30)8-20(22)25-24-21(27(41)38-25)5-13(15-9-36-39(12-15)19-10-35-11-19)6-23(24)37-26(40)14-3-16(28(32,33)34)7-18(31)4-14/h1-9,12,19,25,35H,10-11H2,(H,37,40)(H,38,41). The molecular weight excluding hydrogens is 569 g/mol. The van der Waals surface area contributed by atoms with E-state index in [1.807, 2.05) is 0 Å². The van der Waals surface area contributed by atoms with E-state index in [1.165, 1.54) is 12.1 Å². The van der Waals surface area contributed by atoms with Gasteiger partial charge in [0.1, 0.15) is 11.6 Å². The van der Waals surface area contributed by atoms with Gasteiger partial charge in [0.25, 0.3) is 11.8 Å². The van der Waals surface area contributed by atoms with Crippen molar-refractivity contribution in [2.24, 2.45) is 0 Å². The fourth-order valence-corrected chi connectivity index (χ4v) is 5.13. The number of rotatable bonds is 5. The third-order valence-corrected chi connectivity index (χ3v) is 7.41. The highest BCUT2D eigenvalue weighted by Crippen LogP contribution is 2.42. The highest BCUT2D eigenvalue weighted by Gasteiger charge is 2.36. The molecular formula is C28H19ClF5N5O2. The fourth-order valence-electron chi connectivity index (χ4n) is 4.90. The molecule has 1 atom stereocenters. The van der Waals surface area contributed by atoms with E-state index < -0.39 is 46.8 Å². The number of nitrogens with zero attached hydrogens (tertiary/aromatic N) is 2. The maximum Gasteiger partial charge on any atom is 0.416 e. The molecule has 0 spiro atoms. The van der Waals surface area contributed by atoms with Gasteiger partial charge in [0.15, 0.2) is 0 Å². The van der Waals surface area contributed by atoms with Crippen LogP contribution in [0.15, 0.2) is 60.9 Å². The molecule has 3 N–H and O–H groups in total. The predicted molar refractivity (Wildman–Crippen MR) is 140 cm³/mol. The minimum absolute atomic E-state index is 0.0436. The van der Waals surface area contributed by atoms with Gasteiger partial charge < -0.3 is 16.0 Å². The number of carbonyl (C=O) groups is 2. The third kappa shape index (κ3) is 5.04. The third-order valence-electron chi connectivity index (χ3n) is 7.06. The van der Waals surface area contributed by atoms with E-state index in [-0.39, 0.29) is 39.5 Å². The van der Waals surface area contributed by atoms with Gasteiger partial charge in [-0.05, 0) is 54.1 Å². The SMILES string of the molecule is O=C(Nc1cc(-c2cnn(C3CNC3)c2)cc2c1C(c1cc(F)ccc1Cl)NC2=O)c1cc(F)cc(C(F)(F)F)c1. The van der Waals surface area contributed by atoms with Crippen molar-refractivity contribution in [1.82, 2.24) is 20.4 Å². The van der Waals surface area contributed by atoms with Crippen LogP contribution in [0.1, 0.15) is 49.5 Å². The number of hydrogen-bond acceptors (Lipinski definition) is 4. The second-order valence-corrected chi connectivity index (χ2v) is 10.2. The molecule has 2 aliphatic heterocycles. The van der Waals surface area contributed by atoms with E-state index in [0.29, 0.717) is 23.3 Å². The summed E-state index contributed by atoms with van der Waals surface area (Å²) in [5.74, 6) is -3.45. The number of alkyl halides is 3. The lowest BCUT2D eigenvalue weighted by atomic mass is 9.93. The highest BCUT2D eigenvalue weighted by atomic mass is 35.5.